The van der Waals surface area contributed by atoms with E-state index in [4.69, 9.17) is 10.5 Å². The molecule has 0 radical (unpaired) electrons. The van der Waals surface area contributed by atoms with Crippen LogP contribution in [-0.2, 0) is 9.53 Å². The highest BCUT2D eigenvalue weighted by atomic mass is 35.5. The Balaban J connectivity index is 0.00000192. The summed E-state index contributed by atoms with van der Waals surface area (Å²) in [7, 11) is 0. The number of ether oxygens (including phenoxy) is 1. The number of nitrogens with two attached hydrogens (primary N) is 1. The molecule has 0 bridgehead atoms. The Morgan fingerprint density at radius 2 is 2.35 bits per heavy atom. The van der Waals surface area contributed by atoms with Crippen LogP contribution < -0.4 is 11.1 Å². The van der Waals surface area contributed by atoms with E-state index in [-0.39, 0.29) is 36.9 Å². The van der Waals surface area contributed by atoms with Crippen LogP contribution in [0.5, 0.6) is 0 Å². The molecule has 1 aliphatic carbocycles. The Hall–Kier alpha value is -0.660. The number of fused-ring (bicyclic) bond motifs is 1. The number of thiophene rings is 1. The van der Waals surface area contributed by atoms with Crippen molar-refractivity contribution in [1.82, 2.24) is 5.32 Å². The first kappa shape index (κ1) is 18.7. The van der Waals surface area contributed by atoms with Gasteiger partial charge in [-0.05, 0) is 35.2 Å². The lowest BCUT2D eigenvalue weighted by Gasteiger charge is -2.65. The number of carbonyl (C=O) groups excluding carboxylic acids is 1. The highest BCUT2D eigenvalue weighted by Crippen LogP contribution is 2.57. The molecular weight excluding hydrogens is 336 g/mol. The molecule has 1 aromatic rings. The predicted octanol–water partition coefficient (Wildman–Crippen LogP) is 1.85. The normalized spacial score (nSPS) is 32.9. The van der Waals surface area contributed by atoms with Crippen LogP contribution in [0.25, 0.3) is 0 Å². The SMILES string of the molecule is CC1(C)C2OCCCC2C1(N)C(=O)NCC(O)c1ccsc1.Cl. The van der Waals surface area contributed by atoms with Crippen molar-refractivity contribution in [2.75, 3.05) is 13.2 Å². The first-order chi connectivity index (χ1) is 10.4. The molecule has 4 unspecified atom stereocenters. The number of carbonyl (C=O) groups is 1. The van der Waals surface area contributed by atoms with Crippen LogP contribution in [0.2, 0.25) is 0 Å². The van der Waals surface area contributed by atoms with Gasteiger partial charge < -0.3 is 20.9 Å². The van der Waals surface area contributed by atoms with Gasteiger partial charge in [0.05, 0.1) is 12.2 Å². The Morgan fingerprint density at radius 1 is 1.61 bits per heavy atom. The first-order valence-electron chi connectivity index (χ1n) is 7.78. The molecule has 1 saturated carbocycles. The van der Waals surface area contributed by atoms with Crippen LogP contribution in [0.1, 0.15) is 38.4 Å². The van der Waals surface area contributed by atoms with Crippen molar-refractivity contribution in [1.29, 1.82) is 0 Å². The van der Waals surface area contributed by atoms with E-state index in [2.05, 4.69) is 5.32 Å². The number of halogens is 1. The highest BCUT2D eigenvalue weighted by Gasteiger charge is 2.70. The molecule has 4 atom stereocenters. The van der Waals surface area contributed by atoms with Crippen molar-refractivity contribution in [3.05, 3.63) is 22.4 Å². The maximum Gasteiger partial charge on any atom is 0.241 e. The first-order valence-corrected chi connectivity index (χ1v) is 8.72. The summed E-state index contributed by atoms with van der Waals surface area (Å²) in [4.78, 5) is 12.7. The van der Waals surface area contributed by atoms with Gasteiger partial charge in [-0.15, -0.1) is 12.4 Å². The molecule has 1 aromatic heterocycles. The number of hydrogen-bond donors (Lipinski definition) is 3. The maximum absolute atomic E-state index is 12.7. The van der Waals surface area contributed by atoms with Gasteiger partial charge in [0.2, 0.25) is 5.91 Å². The van der Waals surface area contributed by atoms with E-state index in [9.17, 15) is 9.90 Å². The molecule has 2 aliphatic rings. The van der Waals surface area contributed by atoms with E-state index in [1.165, 1.54) is 11.3 Å². The Morgan fingerprint density at radius 3 is 3.00 bits per heavy atom. The average Bonchev–Trinajstić information content (AvgIpc) is 3.05. The van der Waals surface area contributed by atoms with Crippen molar-refractivity contribution < 1.29 is 14.6 Å². The van der Waals surface area contributed by atoms with Crippen LogP contribution >= 0.6 is 23.7 Å². The Labute approximate surface area is 147 Å². The zero-order chi connectivity index (χ0) is 16.0. The van der Waals surface area contributed by atoms with Gasteiger partial charge in [0.1, 0.15) is 5.54 Å². The maximum atomic E-state index is 12.7. The highest BCUT2D eigenvalue weighted by molar-refractivity contribution is 7.07. The van der Waals surface area contributed by atoms with Crippen molar-refractivity contribution >= 4 is 29.7 Å². The lowest BCUT2D eigenvalue weighted by molar-refractivity contribution is -0.225. The van der Waals surface area contributed by atoms with E-state index >= 15 is 0 Å². The number of rotatable bonds is 4. The van der Waals surface area contributed by atoms with Gasteiger partial charge in [-0.3, -0.25) is 4.79 Å². The fourth-order valence-corrected chi connectivity index (χ4v) is 4.66. The lowest BCUT2D eigenvalue weighted by Crippen LogP contribution is -2.82. The number of aliphatic hydroxyl groups is 1. The molecule has 7 heteroatoms. The number of hydrogen-bond acceptors (Lipinski definition) is 5. The molecule has 1 saturated heterocycles. The Bertz CT molecular complexity index is 552. The van der Waals surface area contributed by atoms with E-state index in [0.717, 1.165) is 25.0 Å². The molecule has 2 heterocycles. The van der Waals surface area contributed by atoms with Crippen LogP contribution in [0, 0.1) is 11.3 Å². The van der Waals surface area contributed by atoms with Crippen LogP contribution in [0.15, 0.2) is 16.8 Å². The molecule has 0 spiro atoms. The summed E-state index contributed by atoms with van der Waals surface area (Å²) < 4.78 is 5.81. The van der Waals surface area contributed by atoms with Crippen LogP contribution in [0.3, 0.4) is 0 Å². The third-order valence-corrected chi connectivity index (χ3v) is 6.15. The van der Waals surface area contributed by atoms with Gasteiger partial charge in [0.15, 0.2) is 0 Å². The molecule has 2 fully saturated rings. The number of nitrogens with one attached hydrogen (secondary N) is 1. The number of amides is 1. The molecule has 4 N–H and O–H groups in total. The summed E-state index contributed by atoms with van der Waals surface area (Å²) in [5, 5.41) is 16.7. The zero-order valence-corrected chi connectivity index (χ0v) is 15.1. The van der Waals surface area contributed by atoms with Crippen molar-refractivity contribution in [2.24, 2.45) is 17.1 Å². The quantitative estimate of drug-likeness (QED) is 0.765. The monoisotopic (exact) mass is 360 g/mol. The summed E-state index contributed by atoms with van der Waals surface area (Å²) >= 11 is 1.52. The second-order valence-electron chi connectivity index (χ2n) is 6.91. The molecule has 1 aliphatic heterocycles. The Kier molecular flexibility index (Phi) is 5.43. The van der Waals surface area contributed by atoms with Crippen molar-refractivity contribution in [3.63, 3.8) is 0 Å². The summed E-state index contributed by atoms with van der Waals surface area (Å²) in [6, 6.07) is 1.86. The van der Waals surface area contributed by atoms with Gasteiger partial charge in [-0.2, -0.15) is 11.3 Å². The fraction of sp³-hybridized carbons (Fsp3) is 0.688. The predicted molar refractivity (Wildman–Crippen MR) is 92.7 cm³/mol. The molecule has 130 valence electrons. The summed E-state index contributed by atoms with van der Waals surface area (Å²) in [5.74, 6) is -0.118. The van der Waals surface area contributed by atoms with E-state index in [1.54, 1.807) is 0 Å². The van der Waals surface area contributed by atoms with E-state index in [1.807, 2.05) is 30.7 Å². The minimum atomic E-state index is -0.924. The van der Waals surface area contributed by atoms with Crippen LogP contribution in [0.4, 0.5) is 0 Å². The summed E-state index contributed by atoms with van der Waals surface area (Å²) in [5.41, 5.74) is 6.02. The summed E-state index contributed by atoms with van der Waals surface area (Å²) in [6.45, 7) is 4.92. The van der Waals surface area contributed by atoms with Gasteiger partial charge in [0.25, 0.3) is 0 Å². The van der Waals surface area contributed by atoms with Gasteiger partial charge in [-0.1, -0.05) is 13.8 Å². The smallest absolute Gasteiger partial charge is 0.241 e. The van der Waals surface area contributed by atoms with E-state index < -0.39 is 17.1 Å². The molecule has 5 nitrogen and oxygen atoms in total. The third kappa shape index (κ3) is 2.81. The minimum absolute atomic E-state index is 0. The topological polar surface area (TPSA) is 84.6 Å². The second-order valence-corrected chi connectivity index (χ2v) is 7.69. The van der Waals surface area contributed by atoms with Gasteiger partial charge >= 0.3 is 0 Å². The molecule has 3 rings (SSSR count). The minimum Gasteiger partial charge on any atom is -0.387 e. The van der Waals surface area contributed by atoms with E-state index in [0.29, 0.717) is 0 Å². The summed E-state index contributed by atoms with van der Waals surface area (Å²) in [6.07, 6.45) is 1.23. The molecule has 0 aromatic carbocycles. The lowest BCUT2D eigenvalue weighted by atomic mass is 9.46. The fourth-order valence-electron chi connectivity index (χ4n) is 3.95. The third-order valence-electron chi connectivity index (χ3n) is 5.44. The van der Waals surface area contributed by atoms with Gasteiger partial charge in [-0.25, -0.2) is 0 Å². The molecule has 1 amide bonds. The van der Waals surface area contributed by atoms with Gasteiger partial charge in [0, 0.05) is 24.5 Å². The molecular formula is C16H25ClN2O3S. The standard InChI is InChI=1S/C16H24N2O3S.ClH/c1-15(2)13-11(4-3-6-21-13)16(15,17)14(20)18-8-12(19)10-5-7-22-9-10;/h5,7,9,11-13,19H,3-4,6,8,17H2,1-2H3,(H,18,20);1H. The van der Waals surface area contributed by atoms with Crippen molar-refractivity contribution in [2.45, 2.75) is 44.4 Å². The average molecular weight is 361 g/mol. The molecule has 23 heavy (non-hydrogen) atoms. The van der Waals surface area contributed by atoms with Crippen LogP contribution in [-0.4, -0.2) is 35.8 Å². The van der Waals surface area contributed by atoms with Crippen molar-refractivity contribution in [3.8, 4) is 0 Å². The zero-order valence-electron chi connectivity index (χ0n) is 13.5. The largest absolute Gasteiger partial charge is 0.387 e. The second kappa shape index (κ2) is 6.69. The number of aliphatic hydroxyl groups excluding tert-OH is 1.